The zero-order chi connectivity index (χ0) is 18.1. The van der Waals surface area contributed by atoms with Crippen LogP contribution in [0.25, 0.3) is 0 Å². The Morgan fingerprint density at radius 1 is 1.38 bits per heavy atom. The van der Waals surface area contributed by atoms with Crippen LogP contribution in [0.5, 0.6) is 0 Å². The molecule has 24 heavy (non-hydrogen) atoms. The van der Waals surface area contributed by atoms with Crippen LogP contribution >= 0.6 is 0 Å². The zero-order valence-electron chi connectivity index (χ0n) is 13.0. The molecule has 0 aromatic heterocycles. The third-order valence-corrected chi connectivity index (χ3v) is 5.31. The normalized spacial score (nSPS) is 16.6. The van der Waals surface area contributed by atoms with Crippen molar-refractivity contribution >= 4 is 27.8 Å². The number of nitrogens with zero attached hydrogens (tertiary/aromatic N) is 1. The Bertz CT molecular complexity index is 803. The highest BCUT2D eigenvalue weighted by atomic mass is 32.2. The van der Waals surface area contributed by atoms with E-state index in [9.17, 15) is 22.8 Å². The number of hydrogen-bond donors (Lipinski definition) is 2. The Hall–Kier alpha value is -2.46. The SMILES string of the molecule is COCCN1C(=O)c2ccc(C(=O)N[C@H](C)C(=O)O)cc2S1(=O)=O. The van der Waals surface area contributed by atoms with Gasteiger partial charge in [0, 0.05) is 12.7 Å². The summed E-state index contributed by atoms with van der Waals surface area (Å²) in [6, 6.07) is 2.44. The largest absolute Gasteiger partial charge is 0.480 e. The van der Waals surface area contributed by atoms with Crippen molar-refractivity contribution in [2.24, 2.45) is 0 Å². The number of carboxylic acids is 1. The third-order valence-electron chi connectivity index (χ3n) is 3.49. The molecule has 1 atom stereocenters. The van der Waals surface area contributed by atoms with Crippen LogP contribution in [0.2, 0.25) is 0 Å². The minimum absolute atomic E-state index is 0.0334. The molecule has 1 aromatic rings. The van der Waals surface area contributed by atoms with Crippen LogP contribution < -0.4 is 5.32 Å². The van der Waals surface area contributed by atoms with Gasteiger partial charge >= 0.3 is 5.97 Å². The first-order valence-corrected chi connectivity index (χ1v) is 8.38. The number of ether oxygens (including phenoxy) is 1. The van der Waals surface area contributed by atoms with Crippen LogP contribution in [0, 0.1) is 0 Å². The molecule has 0 radical (unpaired) electrons. The maximum Gasteiger partial charge on any atom is 0.325 e. The summed E-state index contributed by atoms with van der Waals surface area (Å²) in [5.41, 5.74) is -0.0826. The molecule has 1 heterocycles. The van der Waals surface area contributed by atoms with Crippen LogP contribution in [-0.2, 0) is 19.6 Å². The molecule has 130 valence electrons. The number of hydrogen-bond acceptors (Lipinski definition) is 6. The number of benzene rings is 1. The minimum atomic E-state index is -4.06. The van der Waals surface area contributed by atoms with Crippen molar-refractivity contribution in [3.8, 4) is 0 Å². The fourth-order valence-corrected chi connectivity index (χ4v) is 3.73. The van der Waals surface area contributed by atoms with Gasteiger partial charge in [-0.15, -0.1) is 0 Å². The summed E-state index contributed by atoms with van der Waals surface area (Å²) in [4.78, 5) is 34.7. The molecule has 0 unspecified atom stereocenters. The molecule has 1 aliphatic heterocycles. The molecule has 0 aliphatic carbocycles. The highest BCUT2D eigenvalue weighted by Gasteiger charge is 2.41. The van der Waals surface area contributed by atoms with Crippen LogP contribution in [-0.4, -0.2) is 61.9 Å². The van der Waals surface area contributed by atoms with Crippen LogP contribution in [0.4, 0.5) is 0 Å². The molecule has 10 heteroatoms. The van der Waals surface area contributed by atoms with Gasteiger partial charge < -0.3 is 15.2 Å². The fourth-order valence-electron chi connectivity index (χ4n) is 2.15. The van der Waals surface area contributed by atoms with Crippen molar-refractivity contribution in [3.63, 3.8) is 0 Å². The Morgan fingerprint density at radius 3 is 2.62 bits per heavy atom. The van der Waals surface area contributed by atoms with E-state index in [2.05, 4.69) is 5.32 Å². The second-order valence-electron chi connectivity index (χ2n) is 5.12. The summed E-state index contributed by atoms with van der Waals surface area (Å²) in [7, 11) is -2.68. The highest BCUT2D eigenvalue weighted by Crippen LogP contribution is 2.30. The lowest BCUT2D eigenvalue weighted by Gasteiger charge is -2.13. The Balaban J connectivity index is 2.35. The predicted octanol–water partition coefficient (Wildman–Crippen LogP) is -0.320. The van der Waals surface area contributed by atoms with Gasteiger partial charge in [-0.05, 0) is 25.1 Å². The number of aliphatic carboxylic acids is 1. The first kappa shape index (κ1) is 17.9. The zero-order valence-corrected chi connectivity index (χ0v) is 13.8. The smallest absolute Gasteiger partial charge is 0.325 e. The van der Waals surface area contributed by atoms with Crippen molar-refractivity contribution in [3.05, 3.63) is 29.3 Å². The first-order valence-electron chi connectivity index (χ1n) is 6.94. The number of fused-ring (bicyclic) bond motifs is 1. The van der Waals surface area contributed by atoms with Gasteiger partial charge in [-0.2, -0.15) is 0 Å². The maximum atomic E-state index is 12.4. The second-order valence-corrected chi connectivity index (χ2v) is 6.95. The third kappa shape index (κ3) is 3.10. The van der Waals surface area contributed by atoms with Gasteiger partial charge in [-0.3, -0.25) is 14.4 Å². The number of methoxy groups -OCH3 is 1. The lowest BCUT2D eigenvalue weighted by Crippen LogP contribution is -2.38. The summed E-state index contributed by atoms with van der Waals surface area (Å²) < 4.78 is 30.3. The molecular formula is C14H16N2O7S. The molecule has 0 bridgehead atoms. The average Bonchev–Trinajstić information content (AvgIpc) is 2.71. The Morgan fingerprint density at radius 2 is 2.04 bits per heavy atom. The number of rotatable bonds is 6. The number of carbonyl (C=O) groups is 3. The van der Waals surface area contributed by atoms with Gasteiger partial charge in [0.05, 0.1) is 18.7 Å². The predicted molar refractivity (Wildman–Crippen MR) is 81.1 cm³/mol. The van der Waals surface area contributed by atoms with E-state index in [0.29, 0.717) is 4.31 Å². The van der Waals surface area contributed by atoms with Crippen LogP contribution in [0.1, 0.15) is 27.6 Å². The van der Waals surface area contributed by atoms with Gasteiger partial charge in [-0.25, -0.2) is 12.7 Å². The lowest BCUT2D eigenvalue weighted by atomic mass is 10.1. The lowest BCUT2D eigenvalue weighted by molar-refractivity contribution is -0.138. The maximum absolute atomic E-state index is 12.4. The van der Waals surface area contributed by atoms with Gasteiger partial charge in [0.2, 0.25) is 0 Å². The first-order chi connectivity index (χ1) is 11.2. The number of carbonyl (C=O) groups excluding carboxylic acids is 2. The fraction of sp³-hybridized carbons (Fsp3) is 0.357. The average molecular weight is 356 g/mol. The Labute approximate surface area is 138 Å². The quantitative estimate of drug-likeness (QED) is 0.714. The monoisotopic (exact) mass is 356 g/mol. The van der Waals surface area contributed by atoms with E-state index in [0.717, 1.165) is 6.07 Å². The molecule has 1 aromatic carbocycles. The van der Waals surface area contributed by atoms with Gasteiger partial charge in [0.15, 0.2) is 0 Å². The van der Waals surface area contributed by atoms with Crippen molar-refractivity contribution in [2.45, 2.75) is 17.9 Å². The minimum Gasteiger partial charge on any atom is -0.480 e. The van der Waals surface area contributed by atoms with Crippen molar-refractivity contribution in [1.82, 2.24) is 9.62 Å². The molecule has 9 nitrogen and oxygen atoms in total. The van der Waals surface area contributed by atoms with E-state index in [4.69, 9.17) is 9.84 Å². The highest BCUT2D eigenvalue weighted by molar-refractivity contribution is 7.90. The molecule has 2 N–H and O–H groups in total. The molecule has 1 aliphatic rings. The number of nitrogens with one attached hydrogen (secondary N) is 1. The van der Waals surface area contributed by atoms with Crippen molar-refractivity contribution in [1.29, 1.82) is 0 Å². The summed E-state index contributed by atoms with van der Waals surface area (Å²) in [5, 5.41) is 11.0. The Kier molecular flexibility index (Phi) is 4.90. The standard InChI is InChI=1S/C14H16N2O7S/c1-8(14(19)20)15-12(17)9-3-4-10-11(7-9)24(21,22)16(13(10)18)5-6-23-2/h3-4,7-8H,5-6H2,1-2H3,(H,15,17)(H,19,20)/t8-/m1/s1. The number of carboxylic acid groups (broad SMARTS) is 1. The van der Waals surface area contributed by atoms with Crippen LogP contribution in [0.15, 0.2) is 23.1 Å². The van der Waals surface area contributed by atoms with E-state index in [1.807, 2.05) is 0 Å². The number of amides is 2. The molecule has 0 saturated heterocycles. The molecule has 2 rings (SSSR count). The van der Waals surface area contributed by atoms with E-state index in [1.54, 1.807) is 0 Å². The van der Waals surface area contributed by atoms with E-state index in [-0.39, 0.29) is 29.2 Å². The van der Waals surface area contributed by atoms with E-state index < -0.39 is 33.8 Å². The summed E-state index contributed by atoms with van der Waals surface area (Å²) in [5.74, 6) is -2.66. The van der Waals surface area contributed by atoms with E-state index >= 15 is 0 Å². The van der Waals surface area contributed by atoms with Crippen molar-refractivity contribution < 1.29 is 32.6 Å². The molecule has 0 saturated carbocycles. The summed E-state index contributed by atoms with van der Waals surface area (Å²) >= 11 is 0. The topological polar surface area (TPSA) is 130 Å². The summed E-state index contributed by atoms with van der Waals surface area (Å²) in [6.07, 6.45) is 0. The van der Waals surface area contributed by atoms with E-state index in [1.165, 1.54) is 26.2 Å². The number of sulfonamides is 1. The van der Waals surface area contributed by atoms with Crippen LogP contribution in [0.3, 0.4) is 0 Å². The second kappa shape index (κ2) is 6.57. The molecular weight excluding hydrogens is 340 g/mol. The van der Waals surface area contributed by atoms with Gasteiger partial charge in [0.25, 0.3) is 21.8 Å². The molecule has 0 spiro atoms. The van der Waals surface area contributed by atoms with Gasteiger partial charge in [0.1, 0.15) is 10.9 Å². The molecule has 2 amide bonds. The van der Waals surface area contributed by atoms with Gasteiger partial charge in [-0.1, -0.05) is 0 Å². The molecule has 0 fully saturated rings. The van der Waals surface area contributed by atoms with Crippen molar-refractivity contribution in [2.75, 3.05) is 20.3 Å². The summed E-state index contributed by atoms with van der Waals surface area (Å²) in [6.45, 7) is 1.19.